The number of para-hydroxylation sites is 1. The Hall–Kier alpha value is -1.84. The molecule has 0 bridgehead atoms. The lowest BCUT2D eigenvalue weighted by Crippen LogP contribution is -2.50. The fourth-order valence-corrected chi connectivity index (χ4v) is 3.13. The topological polar surface area (TPSA) is 40.6 Å². The maximum Gasteiger partial charge on any atom is 0.316 e. The Kier molecular flexibility index (Phi) is 4.99. The molecule has 1 aliphatic heterocycles. The molecule has 0 spiro atoms. The Labute approximate surface area is 126 Å². The van der Waals surface area contributed by atoms with E-state index in [4.69, 9.17) is 0 Å². The molecule has 4 nitrogen and oxygen atoms in total. The molecule has 4 heteroatoms. The van der Waals surface area contributed by atoms with Gasteiger partial charge < -0.3 is 9.80 Å². The van der Waals surface area contributed by atoms with E-state index in [1.807, 2.05) is 37.3 Å². The van der Waals surface area contributed by atoms with Crippen LogP contribution in [0.4, 0.5) is 5.69 Å². The van der Waals surface area contributed by atoms with Crippen LogP contribution in [-0.2, 0) is 9.59 Å². The van der Waals surface area contributed by atoms with E-state index < -0.39 is 5.91 Å². The summed E-state index contributed by atoms with van der Waals surface area (Å²) in [6.07, 6.45) is 1.12. The van der Waals surface area contributed by atoms with Gasteiger partial charge in [-0.3, -0.25) is 9.59 Å². The molecule has 2 amide bonds. The van der Waals surface area contributed by atoms with Gasteiger partial charge in [0.25, 0.3) is 0 Å². The van der Waals surface area contributed by atoms with Crippen molar-refractivity contribution in [2.24, 2.45) is 11.8 Å². The van der Waals surface area contributed by atoms with E-state index in [2.05, 4.69) is 13.8 Å². The average molecular weight is 288 g/mol. The summed E-state index contributed by atoms with van der Waals surface area (Å²) in [4.78, 5) is 28.3. The van der Waals surface area contributed by atoms with Crippen molar-refractivity contribution >= 4 is 17.5 Å². The zero-order chi connectivity index (χ0) is 15.4. The predicted molar refractivity (Wildman–Crippen MR) is 84.0 cm³/mol. The summed E-state index contributed by atoms with van der Waals surface area (Å²) in [5.74, 6) is 0.110. The SMILES string of the molecule is CCN(C(=O)C(=O)N1CC(C)CC(C)C1)c1ccccc1. The quantitative estimate of drug-likeness (QED) is 0.785. The van der Waals surface area contributed by atoms with Gasteiger partial charge in [0, 0.05) is 25.3 Å². The molecule has 21 heavy (non-hydrogen) atoms. The van der Waals surface area contributed by atoms with Crippen LogP contribution in [0.15, 0.2) is 30.3 Å². The molecule has 2 unspecified atom stereocenters. The van der Waals surface area contributed by atoms with Gasteiger partial charge in [-0.15, -0.1) is 0 Å². The number of likely N-dealkylation sites (tertiary alicyclic amines) is 1. The summed E-state index contributed by atoms with van der Waals surface area (Å²) >= 11 is 0. The Morgan fingerprint density at radius 2 is 1.71 bits per heavy atom. The van der Waals surface area contributed by atoms with Gasteiger partial charge in [-0.05, 0) is 37.3 Å². The predicted octanol–water partition coefficient (Wildman–Crippen LogP) is 2.54. The monoisotopic (exact) mass is 288 g/mol. The van der Waals surface area contributed by atoms with Crippen LogP contribution in [0.1, 0.15) is 27.2 Å². The highest BCUT2D eigenvalue weighted by atomic mass is 16.2. The van der Waals surface area contributed by atoms with Crippen molar-refractivity contribution < 1.29 is 9.59 Å². The molecule has 1 aliphatic rings. The van der Waals surface area contributed by atoms with E-state index in [1.165, 1.54) is 0 Å². The first kappa shape index (κ1) is 15.5. The van der Waals surface area contributed by atoms with Crippen molar-refractivity contribution in [2.75, 3.05) is 24.5 Å². The summed E-state index contributed by atoms with van der Waals surface area (Å²) in [6.45, 7) is 8.01. The van der Waals surface area contributed by atoms with Gasteiger partial charge in [0.1, 0.15) is 0 Å². The minimum Gasteiger partial charge on any atom is -0.334 e. The highest BCUT2D eigenvalue weighted by molar-refractivity contribution is 6.40. The minimum atomic E-state index is -0.426. The van der Waals surface area contributed by atoms with Crippen molar-refractivity contribution in [3.8, 4) is 0 Å². The third kappa shape index (κ3) is 3.63. The molecule has 1 aromatic rings. The molecular weight excluding hydrogens is 264 g/mol. The molecule has 1 heterocycles. The third-order valence-corrected chi connectivity index (χ3v) is 3.97. The summed E-state index contributed by atoms with van der Waals surface area (Å²) in [5, 5.41) is 0. The highest BCUT2D eigenvalue weighted by Gasteiger charge is 2.31. The number of anilines is 1. The number of carbonyl (C=O) groups excluding carboxylic acids is 2. The maximum atomic E-state index is 12.5. The van der Waals surface area contributed by atoms with Crippen molar-refractivity contribution in [1.29, 1.82) is 0 Å². The van der Waals surface area contributed by atoms with Gasteiger partial charge in [0.2, 0.25) is 0 Å². The number of rotatable bonds is 2. The molecule has 2 atom stereocenters. The molecule has 2 rings (SSSR count). The molecule has 1 fully saturated rings. The Balaban J connectivity index is 2.12. The Morgan fingerprint density at radius 3 is 2.24 bits per heavy atom. The van der Waals surface area contributed by atoms with Gasteiger partial charge in [-0.1, -0.05) is 32.0 Å². The average Bonchev–Trinajstić information content (AvgIpc) is 2.47. The summed E-state index contributed by atoms with van der Waals surface area (Å²) in [5.41, 5.74) is 0.774. The molecule has 0 aromatic heterocycles. The summed E-state index contributed by atoms with van der Waals surface area (Å²) < 4.78 is 0. The van der Waals surface area contributed by atoms with Crippen LogP contribution < -0.4 is 4.90 Å². The Morgan fingerprint density at radius 1 is 1.14 bits per heavy atom. The van der Waals surface area contributed by atoms with Crippen molar-refractivity contribution in [1.82, 2.24) is 4.90 Å². The van der Waals surface area contributed by atoms with Crippen molar-refractivity contribution in [2.45, 2.75) is 27.2 Å². The standard InChI is InChI=1S/C17H24N2O2/c1-4-19(15-8-6-5-7-9-15)17(21)16(20)18-11-13(2)10-14(3)12-18/h5-9,13-14H,4,10-12H2,1-3H3. The maximum absolute atomic E-state index is 12.5. The largest absolute Gasteiger partial charge is 0.334 e. The number of amides is 2. The van der Waals surface area contributed by atoms with Gasteiger partial charge in [-0.25, -0.2) is 0 Å². The molecule has 0 saturated carbocycles. The lowest BCUT2D eigenvalue weighted by atomic mass is 9.92. The molecule has 1 saturated heterocycles. The van der Waals surface area contributed by atoms with Crippen LogP contribution in [-0.4, -0.2) is 36.3 Å². The van der Waals surface area contributed by atoms with Gasteiger partial charge in [0.05, 0.1) is 0 Å². The van der Waals surface area contributed by atoms with Crippen molar-refractivity contribution in [3.05, 3.63) is 30.3 Å². The lowest BCUT2D eigenvalue weighted by molar-refractivity contribution is -0.146. The number of piperidine rings is 1. The van der Waals surface area contributed by atoms with Gasteiger partial charge in [-0.2, -0.15) is 0 Å². The first-order valence-electron chi connectivity index (χ1n) is 7.68. The second kappa shape index (κ2) is 6.74. The zero-order valence-electron chi connectivity index (χ0n) is 13.1. The first-order valence-corrected chi connectivity index (χ1v) is 7.68. The van der Waals surface area contributed by atoms with E-state index in [1.54, 1.807) is 9.80 Å². The highest BCUT2D eigenvalue weighted by Crippen LogP contribution is 2.22. The number of carbonyl (C=O) groups is 2. The molecule has 114 valence electrons. The van der Waals surface area contributed by atoms with E-state index in [0.29, 0.717) is 31.5 Å². The zero-order valence-corrected chi connectivity index (χ0v) is 13.1. The number of hydrogen-bond donors (Lipinski definition) is 0. The second-order valence-corrected chi connectivity index (χ2v) is 6.04. The van der Waals surface area contributed by atoms with Crippen LogP contribution in [0.5, 0.6) is 0 Å². The Bertz CT molecular complexity index is 491. The van der Waals surface area contributed by atoms with E-state index in [0.717, 1.165) is 12.1 Å². The van der Waals surface area contributed by atoms with Crippen molar-refractivity contribution in [3.63, 3.8) is 0 Å². The lowest BCUT2D eigenvalue weighted by Gasteiger charge is -2.35. The van der Waals surface area contributed by atoms with E-state index >= 15 is 0 Å². The van der Waals surface area contributed by atoms with Gasteiger partial charge >= 0.3 is 11.8 Å². The second-order valence-electron chi connectivity index (χ2n) is 6.04. The molecule has 0 radical (unpaired) electrons. The molecular formula is C17H24N2O2. The first-order chi connectivity index (χ1) is 10.0. The fourth-order valence-electron chi connectivity index (χ4n) is 3.13. The summed E-state index contributed by atoms with van der Waals surface area (Å²) in [7, 11) is 0. The van der Waals surface area contributed by atoms with Crippen LogP contribution in [0, 0.1) is 11.8 Å². The molecule has 0 N–H and O–H groups in total. The number of likely N-dealkylation sites (N-methyl/N-ethyl adjacent to an activating group) is 1. The molecule has 1 aromatic carbocycles. The smallest absolute Gasteiger partial charge is 0.316 e. The normalized spacial score (nSPS) is 22.0. The van der Waals surface area contributed by atoms with Crippen LogP contribution >= 0.6 is 0 Å². The minimum absolute atomic E-state index is 0.376. The number of hydrogen-bond acceptors (Lipinski definition) is 2. The van der Waals surface area contributed by atoms with Gasteiger partial charge in [0.15, 0.2) is 0 Å². The van der Waals surface area contributed by atoms with E-state index in [-0.39, 0.29) is 5.91 Å². The third-order valence-electron chi connectivity index (χ3n) is 3.97. The number of benzene rings is 1. The number of nitrogens with zero attached hydrogens (tertiary/aromatic N) is 2. The molecule has 0 aliphatic carbocycles. The summed E-state index contributed by atoms with van der Waals surface area (Å²) in [6, 6.07) is 9.37. The van der Waals surface area contributed by atoms with E-state index in [9.17, 15) is 9.59 Å². The fraction of sp³-hybridized carbons (Fsp3) is 0.529. The van der Waals surface area contributed by atoms with Crippen LogP contribution in [0.25, 0.3) is 0 Å². The van der Waals surface area contributed by atoms with Crippen LogP contribution in [0.3, 0.4) is 0 Å². The van der Waals surface area contributed by atoms with Crippen LogP contribution in [0.2, 0.25) is 0 Å².